The predicted molar refractivity (Wildman–Crippen MR) is 49.3 cm³/mol. The number of hydrogen-bond acceptors (Lipinski definition) is 2. The third-order valence-corrected chi connectivity index (χ3v) is 1.96. The molecule has 0 radical (unpaired) electrons. The van der Waals surface area contributed by atoms with Crippen LogP contribution in [0.2, 0.25) is 0 Å². The molecule has 1 amide bonds. The van der Waals surface area contributed by atoms with Crippen molar-refractivity contribution in [2.24, 2.45) is 0 Å². The van der Waals surface area contributed by atoms with Gasteiger partial charge in [-0.1, -0.05) is 6.58 Å². The molecular weight excluding hydrogens is 170 g/mol. The molecule has 0 rings (SSSR count). The maximum absolute atomic E-state index is 11.2. The van der Waals surface area contributed by atoms with E-state index in [1.807, 2.05) is 0 Å². The number of nitrogens with zero attached hydrogens (tertiary/aromatic N) is 1. The molecule has 0 aliphatic carbocycles. The minimum absolute atomic E-state index is 0.351. The van der Waals surface area contributed by atoms with Crippen LogP contribution < -0.4 is 0 Å². The van der Waals surface area contributed by atoms with Crippen LogP contribution in [0, 0.1) is 0 Å². The molecule has 4 nitrogen and oxygen atoms in total. The van der Waals surface area contributed by atoms with E-state index in [1.54, 1.807) is 6.92 Å². The standard InChI is InChI=1S/C9H15NO3/c1-5-7(11)10(6-2)9(3,4)8(12)13/h5H,1,6H2,2-4H3,(H,12,13). The Morgan fingerprint density at radius 2 is 2.00 bits per heavy atom. The Hall–Kier alpha value is -1.32. The maximum Gasteiger partial charge on any atom is 0.329 e. The van der Waals surface area contributed by atoms with E-state index in [2.05, 4.69) is 6.58 Å². The fourth-order valence-electron chi connectivity index (χ4n) is 1.05. The van der Waals surface area contributed by atoms with Gasteiger partial charge in [0, 0.05) is 6.54 Å². The van der Waals surface area contributed by atoms with Crippen LogP contribution in [0.25, 0.3) is 0 Å². The van der Waals surface area contributed by atoms with Crippen LogP contribution >= 0.6 is 0 Å². The average molecular weight is 185 g/mol. The van der Waals surface area contributed by atoms with Crippen LogP contribution in [-0.4, -0.2) is 34.0 Å². The van der Waals surface area contributed by atoms with E-state index in [0.717, 1.165) is 6.08 Å². The van der Waals surface area contributed by atoms with E-state index in [4.69, 9.17) is 5.11 Å². The summed E-state index contributed by atoms with van der Waals surface area (Å²) in [6.07, 6.45) is 1.12. The number of rotatable bonds is 4. The molecule has 0 unspecified atom stereocenters. The number of carboxylic acids is 1. The fraction of sp³-hybridized carbons (Fsp3) is 0.556. The van der Waals surface area contributed by atoms with Gasteiger partial charge in [0.15, 0.2) is 0 Å². The van der Waals surface area contributed by atoms with Crippen molar-refractivity contribution in [1.82, 2.24) is 4.90 Å². The van der Waals surface area contributed by atoms with Crippen LogP contribution in [-0.2, 0) is 9.59 Å². The van der Waals surface area contributed by atoms with Gasteiger partial charge in [-0.15, -0.1) is 0 Å². The van der Waals surface area contributed by atoms with Crippen molar-refractivity contribution >= 4 is 11.9 Å². The number of carboxylic acid groups (broad SMARTS) is 1. The first-order valence-corrected chi connectivity index (χ1v) is 4.05. The van der Waals surface area contributed by atoms with Gasteiger partial charge in [0.2, 0.25) is 5.91 Å². The van der Waals surface area contributed by atoms with Crippen LogP contribution in [0.3, 0.4) is 0 Å². The van der Waals surface area contributed by atoms with Crippen molar-refractivity contribution in [1.29, 1.82) is 0 Å². The summed E-state index contributed by atoms with van der Waals surface area (Å²) in [5.74, 6) is -1.39. The van der Waals surface area contributed by atoms with Gasteiger partial charge in [-0.25, -0.2) is 4.79 Å². The van der Waals surface area contributed by atoms with E-state index in [9.17, 15) is 9.59 Å². The van der Waals surface area contributed by atoms with Gasteiger partial charge in [-0.3, -0.25) is 4.79 Å². The number of carbonyl (C=O) groups is 2. The normalized spacial score (nSPS) is 10.7. The highest BCUT2D eigenvalue weighted by atomic mass is 16.4. The zero-order valence-corrected chi connectivity index (χ0v) is 8.20. The van der Waals surface area contributed by atoms with E-state index < -0.39 is 11.5 Å². The Bertz CT molecular complexity index is 233. The van der Waals surface area contributed by atoms with Crippen molar-refractivity contribution in [3.05, 3.63) is 12.7 Å². The highest BCUT2D eigenvalue weighted by Crippen LogP contribution is 2.14. The summed E-state index contributed by atoms with van der Waals surface area (Å²) in [7, 11) is 0. The zero-order chi connectivity index (χ0) is 10.6. The number of aliphatic carboxylic acids is 1. The molecule has 0 heterocycles. The third kappa shape index (κ3) is 2.31. The van der Waals surface area contributed by atoms with E-state index in [1.165, 1.54) is 18.7 Å². The Balaban J connectivity index is 4.86. The zero-order valence-electron chi connectivity index (χ0n) is 8.20. The Kier molecular flexibility index (Phi) is 3.66. The summed E-state index contributed by atoms with van der Waals surface area (Å²) in [6.45, 7) is 8.37. The lowest BCUT2D eigenvalue weighted by molar-refractivity contribution is -0.154. The average Bonchev–Trinajstić information content (AvgIpc) is 2.04. The smallest absolute Gasteiger partial charge is 0.329 e. The van der Waals surface area contributed by atoms with E-state index in [0.29, 0.717) is 6.54 Å². The molecule has 0 saturated heterocycles. The molecule has 13 heavy (non-hydrogen) atoms. The highest BCUT2D eigenvalue weighted by Gasteiger charge is 2.35. The van der Waals surface area contributed by atoms with Gasteiger partial charge in [-0.05, 0) is 26.8 Å². The molecule has 0 aromatic carbocycles. The maximum atomic E-state index is 11.2. The van der Waals surface area contributed by atoms with E-state index in [-0.39, 0.29) is 5.91 Å². The Morgan fingerprint density at radius 3 is 2.23 bits per heavy atom. The molecule has 0 aliphatic rings. The number of carbonyl (C=O) groups excluding carboxylic acids is 1. The fourth-order valence-corrected chi connectivity index (χ4v) is 1.05. The first-order chi connectivity index (χ1) is 5.87. The van der Waals surface area contributed by atoms with Gasteiger partial charge < -0.3 is 10.0 Å². The molecule has 0 spiro atoms. The molecule has 0 aromatic heterocycles. The quantitative estimate of drug-likeness (QED) is 0.661. The van der Waals surface area contributed by atoms with Crippen molar-refractivity contribution < 1.29 is 14.7 Å². The molecule has 1 N–H and O–H groups in total. The minimum Gasteiger partial charge on any atom is -0.480 e. The molecule has 0 fully saturated rings. The number of amides is 1. The van der Waals surface area contributed by atoms with Crippen molar-refractivity contribution in [3.8, 4) is 0 Å². The molecule has 74 valence electrons. The summed E-state index contributed by atoms with van der Waals surface area (Å²) in [5.41, 5.74) is -1.18. The highest BCUT2D eigenvalue weighted by molar-refractivity contribution is 5.92. The topological polar surface area (TPSA) is 57.6 Å². The summed E-state index contributed by atoms with van der Waals surface area (Å²) in [4.78, 5) is 23.3. The summed E-state index contributed by atoms with van der Waals surface area (Å²) in [6, 6.07) is 0. The molecule has 0 atom stereocenters. The molecule has 0 aliphatic heterocycles. The Morgan fingerprint density at radius 1 is 1.54 bits per heavy atom. The SMILES string of the molecule is C=CC(=O)N(CC)C(C)(C)C(=O)O. The molecule has 0 bridgehead atoms. The predicted octanol–water partition coefficient (Wildman–Crippen LogP) is 0.884. The summed E-state index contributed by atoms with van der Waals surface area (Å²) in [5, 5.41) is 8.86. The van der Waals surface area contributed by atoms with Gasteiger partial charge in [0.25, 0.3) is 0 Å². The van der Waals surface area contributed by atoms with Crippen molar-refractivity contribution in [2.45, 2.75) is 26.3 Å². The van der Waals surface area contributed by atoms with Gasteiger partial charge in [-0.2, -0.15) is 0 Å². The largest absolute Gasteiger partial charge is 0.480 e. The molecule has 4 heteroatoms. The Labute approximate surface area is 77.8 Å². The lowest BCUT2D eigenvalue weighted by atomic mass is 10.0. The van der Waals surface area contributed by atoms with Crippen LogP contribution in [0.1, 0.15) is 20.8 Å². The first-order valence-electron chi connectivity index (χ1n) is 4.05. The lowest BCUT2D eigenvalue weighted by Crippen LogP contribution is -2.52. The van der Waals surface area contributed by atoms with Crippen molar-refractivity contribution in [2.75, 3.05) is 6.54 Å². The molecule has 0 saturated carbocycles. The second-order valence-corrected chi connectivity index (χ2v) is 3.15. The van der Waals surface area contributed by atoms with Crippen molar-refractivity contribution in [3.63, 3.8) is 0 Å². The minimum atomic E-state index is -1.18. The third-order valence-electron chi connectivity index (χ3n) is 1.96. The molecular formula is C9H15NO3. The first kappa shape index (κ1) is 11.7. The monoisotopic (exact) mass is 185 g/mol. The van der Waals surface area contributed by atoms with Gasteiger partial charge in [0.05, 0.1) is 0 Å². The van der Waals surface area contributed by atoms with Gasteiger partial charge in [0.1, 0.15) is 5.54 Å². The van der Waals surface area contributed by atoms with Crippen LogP contribution in [0.15, 0.2) is 12.7 Å². The van der Waals surface area contributed by atoms with Crippen LogP contribution in [0.4, 0.5) is 0 Å². The summed E-state index contributed by atoms with van der Waals surface area (Å²) < 4.78 is 0. The lowest BCUT2D eigenvalue weighted by Gasteiger charge is -2.33. The second-order valence-electron chi connectivity index (χ2n) is 3.15. The number of likely N-dealkylation sites (N-methyl/N-ethyl adjacent to an activating group) is 1. The summed E-state index contributed by atoms with van der Waals surface area (Å²) >= 11 is 0. The molecule has 0 aromatic rings. The van der Waals surface area contributed by atoms with Gasteiger partial charge >= 0.3 is 5.97 Å². The van der Waals surface area contributed by atoms with Crippen LogP contribution in [0.5, 0.6) is 0 Å². The van der Waals surface area contributed by atoms with E-state index >= 15 is 0 Å². The second kappa shape index (κ2) is 4.07. The number of hydrogen-bond donors (Lipinski definition) is 1.